The number of H-pyrrole nitrogens is 1. The molecule has 0 atom stereocenters. The molecular weight excluding hydrogens is 441 g/mol. The molecule has 1 aromatic carbocycles. The number of aromatic nitrogens is 3. The zero-order valence-electron chi connectivity index (χ0n) is 15.9. The van der Waals surface area contributed by atoms with Crippen LogP contribution in [-0.4, -0.2) is 31.2 Å². The van der Waals surface area contributed by atoms with Gasteiger partial charge >= 0.3 is 6.09 Å². The van der Waals surface area contributed by atoms with E-state index in [-0.39, 0.29) is 0 Å². The Kier molecular flexibility index (Phi) is 4.28. The molecule has 0 aliphatic carbocycles. The predicted octanol–water partition coefficient (Wildman–Crippen LogP) is 4.76. The maximum atomic E-state index is 13.8. The monoisotopic (exact) mass is 457 g/mol. The number of hydrogen-bond acceptors (Lipinski definition) is 4. The summed E-state index contributed by atoms with van der Waals surface area (Å²) in [7, 11) is 0. The number of carbonyl (C=O) groups is 1. The van der Waals surface area contributed by atoms with Crippen molar-refractivity contribution in [2.45, 2.75) is 31.8 Å². The number of allylic oxidation sites excluding steroid dienone is 2. The van der Waals surface area contributed by atoms with Crippen LogP contribution in [-0.2, 0) is 10.2 Å². The number of halogens is 2. The van der Waals surface area contributed by atoms with Crippen molar-refractivity contribution in [2.75, 3.05) is 0 Å². The highest BCUT2D eigenvalue weighted by Crippen LogP contribution is 2.35. The summed E-state index contributed by atoms with van der Waals surface area (Å²) in [4.78, 5) is 18.0. The van der Waals surface area contributed by atoms with Crippen molar-refractivity contribution in [3.05, 3.63) is 58.7 Å². The van der Waals surface area contributed by atoms with Crippen LogP contribution >= 0.6 is 15.9 Å². The summed E-state index contributed by atoms with van der Waals surface area (Å²) < 4.78 is 21.3. The molecule has 0 unspecified atom stereocenters. The minimum Gasteiger partial charge on any atom is -0.443 e. The second-order valence-electron chi connectivity index (χ2n) is 7.71. The Morgan fingerprint density at radius 2 is 2.03 bits per heavy atom. The van der Waals surface area contributed by atoms with E-state index in [9.17, 15) is 14.4 Å². The average Bonchev–Trinajstić information content (AvgIpc) is 3.19. The Bertz CT molecular complexity index is 1230. The van der Waals surface area contributed by atoms with Gasteiger partial charge in [-0.2, -0.15) is 5.26 Å². The summed E-state index contributed by atoms with van der Waals surface area (Å²) in [6.45, 7) is 5.34. The number of aromatic amines is 1. The number of nitrogens with zero attached hydrogens (tertiary/aromatic N) is 4. The number of nitriles is 1. The second kappa shape index (κ2) is 6.46. The molecule has 7 nitrogen and oxygen atoms in total. The highest BCUT2D eigenvalue weighted by atomic mass is 79.9. The Hall–Kier alpha value is -3.12. The molecule has 3 heterocycles. The third-order valence-corrected chi connectivity index (χ3v) is 5.08. The van der Waals surface area contributed by atoms with Gasteiger partial charge in [-0.05, 0) is 54.9 Å². The van der Waals surface area contributed by atoms with Gasteiger partial charge in [-0.1, -0.05) is 0 Å². The van der Waals surface area contributed by atoms with E-state index in [1.54, 1.807) is 43.6 Å². The molecule has 0 fully saturated rings. The lowest BCUT2D eigenvalue weighted by atomic mass is 9.82. The van der Waals surface area contributed by atoms with E-state index in [4.69, 9.17) is 4.74 Å². The van der Waals surface area contributed by atoms with Crippen molar-refractivity contribution in [3.63, 3.8) is 0 Å². The first-order valence-corrected chi connectivity index (χ1v) is 9.59. The Balaban J connectivity index is 1.76. The molecule has 0 saturated carbocycles. The minimum absolute atomic E-state index is 0.410. The quantitative estimate of drug-likeness (QED) is 0.570. The molecule has 9 heteroatoms. The first-order valence-electron chi connectivity index (χ1n) is 8.80. The van der Waals surface area contributed by atoms with E-state index in [1.165, 1.54) is 29.4 Å². The van der Waals surface area contributed by atoms with Crippen LogP contribution in [0.1, 0.15) is 26.3 Å². The van der Waals surface area contributed by atoms with Crippen LogP contribution in [0.15, 0.2) is 47.4 Å². The van der Waals surface area contributed by atoms with Crippen molar-refractivity contribution >= 4 is 38.7 Å². The number of nitrogens with one attached hydrogen (secondary N) is 1. The molecular formula is C20H17BrFN5O2. The number of rotatable bonds is 1. The normalized spacial score (nSPS) is 15.8. The van der Waals surface area contributed by atoms with Gasteiger partial charge in [0.25, 0.3) is 0 Å². The minimum atomic E-state index is -1.15. The lowest BCUT2D eigenvalue weighted by molar-refractivity contribution is 0.0396. The maximum Gasteiger partial charge on any atom is 0.418 e. The summed E-state index contributed by atoms with van der Waals surface area (Å²) in [6, 6.07) is 4.97. The van der Waals surface area contributed by atoms with Crippen LogP contribution in [0.2, 0.25) is 0 Å². The fourth-order valence-corrected chi connectivity index (χ4v) is 3.78. The van der Waals surface area contributed by atoms with E-state index >= 15 is 0 Å². The van der Waals surface area contributed by atoms with Gasteiger partial charge in [-0.25, -0.2) is 18.7 Å². The van der Waals surface area contributed by atoms with Gasteiger partial charge < -0.3 is 4.74 Å². The fourth-order valence-electron chi connectivity index (χ4n) is 3.19. The van der Waals surface area contributed by atoms with Crippen LogP contribution in [0.25, 0.3) is 16.7 Å². The first kappa shape index (κ1) is 19.2. The van der Waals surface area contributed by atoms with Crippen molar-refractivity contribution in [1.29, 1.82) is 5.26 Å². The zero-order valence-corrected chi connectivity index (χ0v) is 17.5. The average molecular weight is 458 g/mol. The highest BCUT2D eigenvalue weighted by molar-refractivity contribution is 9.10. The number of benzene rings is 1. The summed E-state index contributed by atoms with van der Waals surface area (Å²) in [6.07, 6.45) is 7.35. The van der Waals surface area contributed by atoms with Gasteiger partial charge in [0.2, 0.25) is 0 Å². The lowest BCUT2D eigenvalue weighted by Gasteiger charge is -2.27. The molecule has 0 radical (unpaired) electrons. The second-order valence-corrected chi connectivity index (χ2v) is 8.57. The first-order chi connectivity index (χ1) is 13.6. The summed E-state index contributed by atoms with van der Waals surface area (Å²) in [5.41, 5.74) is 0.421. The molecule has 1 aliphatic heterocycles. The van der Waals surface area contributed by atoms with Crippen LogP contribution in [0, 0.1) is 17.1 Å². The van der Waals surface area contributed by atoms with Gasteiger partial charge in [0, 0.05) is 34.7 Å². The van der Waals surface area contributed by atoms with Crippen LogP contribution in [0.3, 0.4) is 0 Å². The summed E-state index contributed by atoms with van der Waals surface area (Å²) >= 11 is 3.36. The van der Waals surface area contributed by atoms with Crippen molar-refractivity contribution < 1.29 is 13.9 Å². The molecule has 4 rings (SSSR count). The molecule has 1 aliphatic rings. The standard InChI is InChI=1S/C20H17BrFN5O2/c1-19(2,3)29-18(28)26-6-4-20(11-23,5-7-26)13-10-24-27-16-14(21)8-12(22)9-15(16)25-17(13)27/h4-10,24H,1-3H3. The molecule has 29 heavy (non-hydrogen) atoms. The zero-order chi connectivity index (χ0) is 21.0. The van der Waals surface area contributed by atoms with Gasteiger partial charge in [-0.3, -0.25) is 10.00 Å². The van der Waals surface area contributed by atoms with Gasteiger partial charge in [-0.15, -0.1) is 0 Å². The molecule has 1 amide bonds. The number of amides is 1. The Morgan fingerprint density at radius 3 is 2.66 bits per heavy atom. The van der Waals surface area contributed by atoms with E-state index in [0.29, 0.717) is 26.7 Å². The number of imidazole rings is 1. The van der Waals surface area contributed by atoms with Gasteiger partial charge in [0.15, 0.2) is 5.65 Å². The van der Waals surface area contributed by atoms with E-state index in [1.807, 2.05) is 0 Å². The molecule has 0 saturated heterocycles. The van der Waals surface area contributed by atoms with E-state index in [0.717, 1.165) is 0 Å². The van der Waals surface area contributed by atoms with Crippen LogP contribution < -0.4 is 0 Å². The van der Waals surface area contributed by atoms with Gasteiger partial charge in [0.1, 0.15) is 22.3 Å². The van der Waals surface area contributed by atoms with Crippen molar-refractivity contribution in [2.24, 2.45) is 0 Å². The number of carbonyl (C=O) groups excluding carboxylic acids is 1. The molecule has 0 spiro atoms. The third-order valence-electron chi connectivity index (χ3n) is 4.48. The largest absolute Gasteiger partial charge is 0.443 e. The smallest absolute Gasteiger partial charge is 0.418 e. The Labute approximate surface area is 174 Å². The number of fused-ring (bicyclic) bond motifs is 3. The SMILES string of the molecule is CC(C)(C)OC(=O)N1C=CC(C#N)(c2c[nH]n3c2nc2cc(F)cc(Br)c23)C=C1. The van der Waals surface area contributed by atoms with E-state index in [2.05, 4.69) is 32.1 Å². The lowest BCUT2D eigenvalue weighted by Crippen LogP contribution is -2.33. The fraction of sp³-hybridized carbons (Fsp3) is 0.250. The van der Waals surface area contributed by atoms with Crippen molar-refractivity contribution in [1.82, 2.24) is 19.5 Å². The van der Waals surface area contributed by atoms with Crippen molar-refractivity contribution in [3.8, 4) is 6.07 Å². The maximum absolute atomic E-state index is 13.8. The number of ether oxygens (including phenoxy) is 1. The van der Waals surface area contributed by atoms with Gasteiger partial charge in [0.05, 0.1) is 11.6 Å². The number of hydrogen-bond donors (Lipinski definition) is 1. The topological polar surface area (TPSA) is 86.4 Å². The molecule has 1 N–H and O–H groups in total. The summed E-state index contributed by atoms with van der Waals surface area (Å²) in [5.74, 6) is -0.410. The molecule has 3 aromatic rings. The Morgan fingerprint density at radius 1 is 1.34 bits per heavy atom. The highest BCUT2D eigenvalue weighted by Gasteiger charge is 2.35. The molecule has 148 valence electrons. The van der Waals surface area contributed by atoms with Crippen LogP contribution in [0.5, 0.6) is 0 Å². The molecule has 0 bridgehead atoms. The van der Waals surface area contributed by atoms with E-state index < -0.39 is 22.9 Å². The molecule has 2 aromatic heterocycles. The van der Waals surface area contributed by atoms with Crippen LogP contribution in [0.4, 0.5) is 9.18 Å². The predicted molar refractivity (Wildman–Crippen MR) is 108 cm³/mol. The summed E-state index contributed by atoms with van der Waals surface area (Å²) in [5, 5.41) is 13.0. The third kappa shape index (κ3) is 3.19.